The predicted octanol–water partition coefficient (Wildman–Crippen LogP) is 0.564. The number of benzene rings is 2. The first-order valence-corrected chi connectivity index (χ1v) is 8.86. The number of carboxylic acids is 1. The number of hydrogen-bond acceptors (Lipinski definition) is 5. The van der Waals surface area contributed by atoms with Gasteiger partial charge in [0, 0.05) is 12.5 Å². The van der Waals surface area contributed by atoms with Crippen molar-refractivity contribution in [3.8, 4) is 0 Å². The second kappa shape index (κ2) is 6.34. The van der Waals surface area contributed by atoms with E-state index in [9.17, 15) is 18.0 Å². The van der Waals surface area contributed by atoms with Crippen molar-refractivity contribution in [2.45, 2.75) is 10.9 Å². The number of ether oxygens (including phenoxy) is 1. The number of anilines is 1. The molecule has 1 unspecified atom stereocenters. The number of carbonyl (C=O) groups excluding carboxylic acids is 1. The molecular weight excluding hydrogens is 348 g/mol. The van der Waals surface area contributed by atoms with Gasteiger partial charge in [-0.05, 0) is 17.5 Å². The minimum atomic E-state index is -3.87. The number of amides is 1. The molecule has 3 rings (SSSR count). The van der Waals surface area contributed by atoms with E-state index >= 15 is 0 Å². The number of nitrogens with zero attached hydrogens (tertiary/aromatic N) is 1. The van der Waals surface area contributed by atoms with Crippen molar-refractivity contribution in [1.29, 1.82) is 0 Å². The smallest absolute Gasteiger partial charge is 0.328 e. The number of nitrogens with one attached hydrogen (secondary N) is 1. The monoisotopic (exact) mass is 364 g/mol. The molecule has 0 fully saturated rings. The summed E-state index contributed by atoms with van der Waals surface area (Å²) >= 11 is 0. The van der Waals surface area contributed by atoms with Crippen LogP contribution in [0.4, 0.5) is 5.69 Å². The summed E-state index contributed by atoms with van der Waals surface area (Å²) in [5.74, 6) is -1.98. The van der Waals surface area contributed by atoms with Crippen LogP contribution in [0.2, 0.25) is 0 Å². The number of carboxylic acid groups (broad SMARTS) is 1. The van der Waals surface area contributed by atoms with Crippen LogP contribution in [0.3, 0.4) is 0 Å². The molecule has 1 amide bonds. The standard InChI is InChI=1S/C16H16N2O6S/c1-24-9-11(16(20)21)17-14(19)8-18-12-6-2-4-10-5-3-7-13(15(10)12)25(18,22)23/h2-7,11H,8-9H2,1H3,(H,17,19)(H,20,21). The molecule has 2 aromatic rings. The molecule has 0 radical (unpaired) electrons. The summed E-state index contributed by atoms with van der Waals surface area (Å²) < 4.78 is 31.2. The maximum atomic E-state index is 12.8. The minimum Gasteiger partial charge on any atom is -0.480 e. The lowest BCUT2D eigenvalue weighted by atomic mass is 10.1. The number of methoxy groups -OCH3 is 1. The van der Waals surface area contributed by atoms with Gasteiger partial charge in [0.2, 0.25) is 5.91 Å². The van der Waals surface area contributed by atoms with Crippen molar-refractivity contribution < 1.29 is 27.9 Å². The first-order valence-electron chi connectivity index (χ1n) is 7.42. The third kappa shape index (κ3) is 2.92. The zero-order valence-electron chi connectivity index (χ0n) is 13.3. The molecule has 8 nitrogen and oxygen atoms in total. The fourth-order valence-corrected chi connectivity index (χ4v) is 4.51. The van der Waals surface area contributed by atoms with E-state index in [2.05, 4.69) is 5.32 Å². The van der Waals surface area contributed by atoms with Crippen LogP contribution in [-0.2, 0) is 24.3 Å². The van der Waals surface area contributed by atoms with Gasteiger partial charge in [-0.3, -0.25) is 9.10 Å². The molecule has 1 aliphatic heterocycles. The molecule has 2 aromatic carbocycles. The third-order valence-corrected chi connectivity index (χ3v) is 5.74. The number of sulfonamides is 1. The molecule has 0 aromatic heterocycles. The Balaban J connectivity index is 1.90. The summed E-state index contributed by atoms with van der Waals surface area (Å²) in [6, 6.07) is 8.79. The van der Waals surface area contributed by atoms with Crippen molar-refractivity contribution in [2.24, 2.45) is 0 Å². The lowest BCUT2D eigenvalue weighted by molar-refractivity contribution is -0.143. The van der Waals surface area contributed by atoms with Crippen molar-refractivity contribution in [2.75, 3.05) is 24.6 Å². The van der Waals surface area contributed by atoms with Gasteiger partial charge in [0.1, 0.15) is 6.54 Å². The summed E-state index contributed by atoms with van der Waals surface area (Å²) in [4.78, 5) is 23.4. The van der Waals surface area contributed by atoms with Crippen molar-refractivity contribution in [1.82, 2.24) is 5.32 Å². The predicted molar refractivity (Wildman–Crippen MR) is 89.9 cm³/mol. The summed E-state index contributed by atoms with van der Waals surface area (Å²) in [6.45, 7) is -0.729. The van der Waals surface area contributed by atoms with Gasteiger partial charge in [-0.1, -0.05) is 24.3 Å². The van der Waals surface area contributed by atoms with Gasteiger partial charge < -0.3 is 15.2 Å². The second-order valence-corrected chi connectivity index (χ2v) is 7.39. The highest BCUT2D eigenvalue weighted by molar-refractivity contribution is 7.93. The molecule has 0 aliphatic carbocycles. The fourth-order valence-electron chi connectivity index (χ4n) is 2.84. The SMILES string of the molecule is COCC(NC(=O)CN1c2cccc3cccc(c23)S1(=O)=O)C(=O)O. The average molecular weight is 364 g/mol. The lowest BCUT2D eigenvalue weighted by Crippen LogP contribution is -2.48. The summed E-state index contributed by atoms with van der Waals surface area (Å²) in [6.07, 6.45) is 0. The van der Waals surface area contributed by atoms with Gasteiger partial charge in [-0.15, -0.1) is 0 Å². The Morgan fingerprint density at radius 2 is 1.92 bits per heavy atom. The van der Waals surface area contributed by atoms with Crippen molar-refractivity contribution >= 4 is 38.4 Å². The molecule has 25 heavy (non-hydrogen) atoms. The largest absolute Gasteiger partial charge is 0.480 e. The fraction of sp³-hybridized carbons (Fsp3) is 0.250. The van der Waals surface area contributed by atoms with Crippen LogP contribution in [0.1, 0.15) is 0 Å². The van der Waals surface area contributed by atoms with Gasteiger partial charge in [-0.25, -0.2) is 13.2 Å². The van der Waals surface area contributed by atoms with E-state index in [1.54, 1.807) is 30.3 Å². The Bertz CT molecular complexity index is 951. The Morgan fingerprint density at radius 3 is 2.56 bits per heavy atom. The highest BCUT2D eigenvalue weighted by atomic mass is 32.2. The van der Waals surface area contributed by atoms with Crippen LogP contribution in [0, 0.1) is 0 Å². The van der Waals surface area contributed by atoms with Crippen LogP contribution in [-0.4, -0.2) is 51.7 Å². The molecule has 0 bridgehead atoms. The van der Waals surface area contributed by atoms with Crippen LogP contribution in [0.5, 0.6) is 0 Å². The molecule has 2 N–H and O–H groups in total. The van der Waals surface area contributed by atoms with Gasteiger partial charge in [0.25, 0.3) is 10.0 Å². The molecular formula is C16H16N2O6S. The van der Waals surface area contributed by atoms with E-state index in [1.807, 2.05) is 0 Å². The van der Waals surface area contributed by atoms with Gasteiger partial charge in [0.15, 0.2) is 6.04 Å². The maximum absolute atomic E-state index is 12.8. The molecule has 1 heterocycles. The van der Waals surface area contributed by atoms with Crippen LogP contribution in [0.25, 0.3) is 10.8 Å². The van der Waals surface area contributed by atoms with Crippen molar-refractivity contribution in [3.63, 3.8) is 0 Å². The zero-order chi connectivity index (χ0) is 18.2. The van der Waals surface area contributed by atoms with Crippen LogP contribution >= 0.6 is 0 Å². The number of hydrogen-bond donors (Lipinski definition) is 2. The zero-order valence-corrected chi connectivity index (χ0v) is 14.1. The van der Waals surface area contributed by atoms with E-state index in [0.29, 0.717) is 11.1 Å². The number of rotatable bonds is 6. The molecule has 132 valence electrons. The summed E-state index contributed by atoms with van der Waals surface area (Å²) in [5, 5.41) is 12.6. The Kier molecular flexibility index (Phi) is 4.36. The van der Waals surface area contributed by atoms with Crippen LogP contribution in [0.15, 0.2) is 41.3 Å². The second-order valence-electron chi connectivity index (χ2n) is 5.56. The van der Waals surface area contributed by atoms with Gasteiger partial charge in [-0.2, -0.15) is 0 Å². The summed E-state index contributed by atoms with van der Waals surface area (Å²) in [5.41, 5.74) is 0.405. The molecule has 9 heteroatoms. The molecule has 1 atom stereocenters. The highest BCUT2D eigenvalue weighted by Gasteiger charge is 2.37. The number of carbonyl (C=O) groups is 2. The Morgan fingerprint density at radius 1 is 1.24 bits per heavy atom. The molecule has 0 saturated carbocycles. The molecule has 0 spiro atoms. The van der Waals surface area contributed by atoms with E-state index in [-0.39, 0.29) is 11.5 Å². The lowest BCUT2D eigenvalue weighted by Gasteiger charge is -2.20. The van der Waals surface area contributed by atoms with Gasteiger partial charge in [0.05, 0.1) is 17.2 Å². The number of aliphatic carboxylic acids is 1. The Hall–Kier alpha value is -2.65. The van der Waals surface area contributed by atoms with Crippen LogP contribution < -0.4 is 9.62 Å². The minimum absolute atomic E-state index is 0.139. The first-order chi connectivity index (χ1) is 11.9. The van der Waals surface area contributed by atoms with Crippen molar-refractivity contribution in [3.05, 3.63) is 36.4 Å². The normalized spacial score (nSPS) is 16.0. The quantitative estimate of drug-likeness (QED) is 0.775. The van der Waals surface area contributed by atoms with Gasteiger partial charge >= 0.3 is 5.97 Å². The van der Waals surface area contributed by atoms with E-state index < -0.39 is 34.5 Å². The van der Waals surface area contributed by atoms with E-state index in [1.165, 1.54) is 13.2 Å². The Labute approximate surface area is 144 Å². The topological polar surface area (TPSA) is 113 Å². The highest BCUT2D eigenvalue weighted by Crippen LogP contribution is 2.41. The average Bonchev–Trinajstić information content (AvgIpc) is 2.78. The third-order valence-electron chi connectivity index (χ3n) is 3.94. The first kappa shape index (κ1) is 17.2. The molecule has 1 aliphatic rings. The summed E-state index contributed by atoms with van der Waals surface area (Å²) in [7, 11) is -2.56. The van der Waals surface area contributed by atoms with E-state index in [4.69, 9.17) is 9.84 Å². The van der Waals surface area contributed by atoms with E-state index in [0.717, 1.165) is 9.69 Å². The molecule has 0 saturated heterocycles. The maximum Gasteiger partial charge on any atom is 0.328 e.